The first-order valence-electron chi connectivity index (χ1n) is 6.61. The van der Waals surface area contributed by atoms with Gasteiger partial charge in [-0.15, -0.1) is 0 Å². The summed E-state index contributed by atoms with van der Waals surface area (Å²) in [6.45, 7) is 4.22. The van der Waals surface area contributed by atoms with Crippen LogP contribution in [0.1, 0.15) is 60.7 Å². The Labute approximate surface area is 122 Å². The molecule has 0 spiro atoms. The van der Waals surface area contributed by atoms with Crippen molar-refractivity contribution in [2.45, 2.75) is 40.0 Å². The van der Waals surface area contributed by atoms with E-state index in [-0.39, 0.29) is 23.3 Å². The van der Waals surface area contributed by atoms with Crippen molar-refractivity contribution in [3.05, 3.63) is 17.2 Å². The van der Waals surface area contributed by atoms with Crippen LogP contribution in [0.3, 0.4) is 0 Å². The first-order chi connectivity index (χ1) is 9.79. The Morgan fingerprint density at radius 3 is 2.14 bits per heavy atom. The fourth-order valence-corrected chi connectivity index (χ4v) is 1.89. The number of ketones is 2. The molecule has 0 aliphatic carbocycles. The fourth-order valence-electron chi connectivity index (χ4n) is 1.89. The molecule has 0 heterocycles. The SMILES string of the molecule is CCCCC(=O)Oc1cc(O)c(C(C)=O)c(O)c1C(C)=O. The molecule has 0 atom stereocenters. The van der Waals surface area contributed by atoms with Crippen molar-refractivity contribution in [2.24, 2.45) is 0 Å². The van der Waals surface area contributed by atoms with Crippen molar-refractivity contribution in [1.29, 1.82) is 0 Å². The first-order valence-corrected chi connectivity index (χ1v) is 6.61. The minimum absolute atomic E-state index is 0.157. The summed E-state index contributed by atoms with van der Waals surface area (Å²) in [6.07, 6.45) is 1.58. The number of Topliss-reactive ketones (excluding diaryl/α,β-unsaturated/α-hetero) is 2. The molecule has 0 saturated carbocycles. The van der Waals surface area contributed by atoms with Crippen LogP contribution in [0.25, 0.3) is 0 Å². The van der Waals surface area contributed by atoms with Gasteiger partial charge < -0.3 is 14.9 Å². The summed E-state index contributed by atoms with van der Waals surface area (Å²) < 4.78 is 5.01. The molecule has 2 N–H and O–H groups in total. The number of hydrogen-bond donors (Lipinski definition) is 2. The zero-order valence-electron chi connectivity index (χ0n) is 12.2. The first kappa shape index (κ1) is 16.7. The summed E-state index contributed by atoms with van der Waals surface area (Å²) >= 11 is 0. The lowest BCUT2D eigenvalue weighted by Gasteiger charge is -2.13. The number of phenolic OH excluding ortho intramolecular Hbond substituents is 2. The van der Waals surface area contributed by atoms with Crippen molar-refractivity contribution in [3.8, 4) is 17.2 Å². The summed E-state index contributed by atoms with van der Waals surface area (Å²) in [4.78, 5) is 34.6. The van der Waals surface area contributed by atoms with Crippen LogP contribution in [-0.4, -0.2) is 27.7 Å². The number of rotatable bonds is 6. The molecule has 0 bridgehead atoms. The Balaban J connectivity index is 3.29. The van der Waals surface area contributed by atoms with E-state index in [1.807, 2.05) is 6.92 Å². The van der Waals surface area contributed by atoms with Gasteiger partial charge in [0.25, 0.3) is 0 Å². The second kappa shape index (κ2) is 6.88. The number of phenols is 2. The number of esters is 1. The second-order valence-corrected chi connectivity index (χ2v) is 4.68. The monoisotopic (exact) mass is 294 g/mol. The average molecular weight is 294 g/mol. The van der Waals surface area contributed by atoms with Crippen LogP contribution in [0.5, 0.6) is 17.2 Å². The van der Waals surface area contributed by atoms with Gasteiger partial charge in [0.2, 0.25) is 0 Å². The largest absolute Gasteiger partial charge is 0.507 e. The predicted molar refractivity (Wildman–Crippen MR) is 74.9 cm³/mol. The molecule has 0 aliphatic heterocycles. The van der Waals surface area contributed by atoms with E-state index in [4.69, 9.17) is 4.74 Å². The van der Waals surface area contributed by atoms with Crippen molar-refractivity contribution in [2.75, 3.05) is 0 Å². The van der Waals surface area contributed by atoms with Crippen LogP contribution < -0.4 is 4.74 Å². The molecule has 0 unspecified atom stereocenters. The molecule has 114 valence electrons. The summed E-state index contributed by atoms with van der Waals surface area (Å²) in [6, 6.07) is 0.997. The zero-order chi connectivity index (χ0) is 16.2. The highest BCUT2D eigenvalue weighted by atomic mass is 16.5. The summed E-state index contributed by atoms with van der Waals surface area (Å²) in [5.41, 5.74) is -0.656. The van der Waals surface area contributed by atoms with Crippen molar-refractivity contribution >= 4 is 17.5 Å². The molecular formula is C15H18O6. The van der Waals surface area contributed by atoms with Crippen LogP contribution in [0, 0.1) is 0 Å². The van der Waals surface area contributed by atoms with Gasteiger partial charge in [0.05, 0.1) is 0 Å². The molecule has 0 saturated heterocycles. The molecule has 0 fully saturated rings. The van der Waals surface area contributed by atoms with Gasteiger partial charge in [0.1, 0.15) is 28.4 Å². The van der Waals surface area contributed by atoms with Gasteiger partial charge in [-0.05, 0) is 20.3 Å². The van der Waals surface area contributed by atoms with Crippen LogP contribution in [0.15, 0.2) is 6.07 Å². The maximum atomic E-state index is 11.6. The van der Waals surface area contributed by atoms with Gasteiger partial charge in [0.15, 0.2) is 11.6 Å². The van der Waals surface area contributed by atoms with Crippen LogP contribution in [0.4, 0.5) is 0 Å². The molecule has 0 amide bonds. The maximum absolute atomic E-state index is 11.6. The van der Waals surface area contributed by atoms with E-state index in [0.29, 0.717) is 6.42 Å². The number of carbonyl (C=O) groups excluding carboxylic acids is 3. The van der Waals surface area contributed by atoms with Crippen LogP contribution in [-0.2, 0) is 4.79 Å². The molecule has 6 heteroatoms. The van der Waals surface area contributed by atoms with Crippen LogP contribution >= 0.6 is 0 Å². The minimum Gasteiger partial charge on any atom is -0.507 e. The number of hydrogen-bond acceptors (Lipinski definition) is 6. The van der Waals surface area contributed by atoms with Crippen molar-refractivity contribution < 1.29 is 29.3 Å². The smallest absolute Gasteiger partial charge is 0.311 e. The number of carbonyl (C=O) groups is 3. The molecular weight excluding hydrogens is 276 g/mol. The molecule has 1 aromatic carbocycles. The molecule has 1 aromatic rings. The van der Waals surface area contributed by atoms with E-state index < -0.39 is 29.0 Å². The quantitative estimate of drug-likeness (QED) is 0.475. The molecule has 0 aromatic heterocycles. The van der Waals surface area contributed by atoms with E-state index in [2.05, 4.69) is 0 Å². The third-order valence-corrected chi connectivity index (χ3v) is 2.91. The van der Waals surface area contributed by atoms with Gasteiger partial charge >= 0.3 is 5.97 Å². The zero-order valence-corrected chi connectivity index (χ0v) is 12.2. The average Bonchev–Trinajstić information content (AvgIpc) is 2.34. The number of unbranched alkanes of at least 4 members (excludes halogenated alkanes) is 1. The normalized spacial score (nSPS) is 10.2. The highest BCUT2D eigenvalue weighted by molar-refractivity contribution is 6.07. The lowest BCUT2D eigenvalue weighted by Crippen LogP contribution is -2.11. The van der Waals surface area contributed by atoms with Gasteiger partial charge in [-0.2, -0.15) is 0 Å². The Bertz CT molecular complexity index is 588. The van der Waals surface area contributed by atoms with Gasteiger partial charge in [-0.3, -0.25) is 14.4 Å². The minimum atomic E-state index is -0.673. The maximum Gasteiger partial charge on any atom is 0.311 e. The van der Waals surface area contributed by atoms with Gasteiger partial charge in [-0.1, -0.05) is 13.3 Å². The Kier molecular flexibility index (Phi) is 5.46. The summed E-state index contributed by atoms with van der Waals surface area (Å²) in [7, 11) is 0. The van der Waals surface area contributed by atoms with E-state index in [1.54, 1.807) is 0 Å². The molecule has 0 aliphatic rings. The third-order valence-electron chi connectivity index (χ3n) is 2.91. The van der Waals surface area contributed by atoms with E-state index in [9.17, 15) is 24.6 Å². The molecule has 0 radical (unpaired) electrons. The summed E-state index contributed by atoms with van der Waals surface area (Å²) in [5, 5.41) is 19.7. The number of ether oxygens (including phenoxy) is 1. The van der Waals surface area contributed by atoms with Crippen molar-refractivity contribution in [1.82, 2.24) is 0 Å². The molecule has 21 heavy (non-hydrogen) atoms. The summed E-state index contributed by atoms with van der Waals surface area (Å²) in [5.74, 6) is -3.21. The number of benzene rings is 1. The lowest BCUT2D eigenvalue weighted by molar-refractivity contribution is -0.134. The molecule has 1 rings (SSSR count). The number of aromatic hydroxyl groups is 2. The predicted octanol–water partition coefficient (Wildman–Crippen LogP) is 2.60. The lowest BCUT2D eigenvalue weighted by atomic mass is 10.0. The Morgan fingerprint density at radius 2 is 1.67 bits per heavy atom. The third kappa shape index (κ3) is 3.81. The second-order valence-electron chi connectivity index (χ2n) is 4.68. The molecule has 6 nitrogen and oxygen atoms in total. The van der Waals surface area contributed by atoms with E-state index in [0.717, 1.165) is 19.4 Å². The Hall–Kier alpha value is -2.37. The van der Waals surface area contributed by atoms with Crippen molar-refractivity contribution in [3.63, 3.8) is 0 Å². The highest BCUT2D eigenvalue weighted by Crippen LogP contribution is 2.38. The van der Waals surface area contributed by atoms with E-state index in [1.165, 1.54) is 6.92 Å². The van der Waals surface area contributed by atoms with Gasteiger partial charge in [-0.25, -0.2) is 0 Å². The standard InChI is InChI=1S/C15H18O6/c1-4-5-6-12(19)21-11-7-10(18)13(8(2)16)15(20)14(11)9(3)17/h7,18,20H,4-6H2,1-3H3. The van der Waals surface area contributed by atoms with E-state index >= 15 is 0 Å². The fraction of sp³-hybridized carbons (Fsp3) is 0.400. The topological polar surface area (TPSA) is 101 Å². The highest BCUT2D eigenvalue weighted by Gasteiger charge is 2.25. The Morgan fingerprint density at radius 1 is 1.10 bits per heavy atom. The van der Waals surface area contributed by atoms with Gasteiger partial charge in [0, 0.05) is 12.5 Å². The van der Waals surface area contributed by atoms with Crippen LogP contribution in [0.2, 0.25) is 0 Å².